The van der Waals surface area contributed by atoms with Crippen LogP contribution in [0.3, 0.4) is 0 Å². The molecule has 0 unspecified atom stereocenters. The Morgan fingerprint density at radius 1 is 0.276 bits per heavy atom. The van der Waals surface area contributed by atoms with E-state index in [2.05, 4.69) is 221 Å². The Morgan fingerprint density at radius 3 is 1.41 bits per heavy atom. The summed E-state index contributed by atoms with van der Waals surface area (Å²) >= 11 is 0. The van der Waals surface area contributed by atoms with Gasteiger partial charge in [0.25, 0.3) is 0 Å². The van der Waals surface area contributed by atoms with Gasteiger partial charge in [-0.3, -0.25) is 0 Å². The minimum Gasteiger partial charge on any atom is -0.456 e. The summed E-state index contributed by atoms with van der Waals surface area (Å²) in [5.74, 6) is 0. The molecule has 0 aliphatic carbocycles. The average molecular weight is 757 g/mol. The van der Waals surface area contributed by atoms with Gasteiger partial charge in [-0.1, -0.05) is 158 Å². The van der Waals surface area contributed by atoms with Gasteiger partial charge in [-0.25, -0.2) is 0 Å². The fraction of sp³-hybridized carbons (Fsp3) is 0. The van der Waals surface area contributed by atoms with E-state index in [-0.39, 0.29) is 0 Å². The molecule has 0 bridgehead atoms. The van der Waals surface area contributed by atoms with Crippen LogP contribution in [0, 0.1) is 0 Å². The number of hydrogen-bond acceptors (Lipinski definition) is 1. The number of furan rings is 1. The standard InChI is InChI=1S/C54H36N2OSi/c1-4-16-37(17-5-1)55-49-25-13-10-22-43(49)47-34-38(28-32-51(47)55)56-50-26-14-11-23-44(50)48-35-41(30-33-52(48)56)58(39-18-6-2-7-19-39,40-20-8-3-9-21-40)42-29-31-46-45-24-12-15-27-53(45)57-54(46)36-42/h1-36H. The molecule has 0 radical (unpaired) electrons. The van der Waals surface area contributed by atoms with Crippen LogP contribution in [0.5, 0.6) is 0 Å². The molecule has 0 saturated heterocycles. The Morgan fingerprint density at radius 2 is 0.741 bits per heavy atom. The van der Waals surface area contributed by atoms with Gasteiger partial charge in [-0.2, -0.15) is 0 Å². The van der Waals surface area contributed by atoms with E-state index in [1.165, 1.54) is 64.4 Å². The van der Waals surface area contributed by atoms with Crippen molar-refractivity contribution in [3.05, 3.63) is 218 Å². The van der Waals surface area contributed by atoms with Gasteiger partial charge in [0, 0.05) is 43.7 Å². The predicted octanol–water partition coefficient (Wildman–Crippen LogP) is 11.2. The second-order valence-electron chi connectivity index (χ2n) is 15.3. The highest BCUT2D eigenvalue weighted by Crippen LogP contribution is 2.37. The summed E-state index contributed by atoms with van der Waals surface area (Å²) in [4.78, 5) is 0. The van der Waals surface area contributed by atoms with E-state index in [0.717, 1.165) is 33.3 Å². The smallest absolute Gasteiger partial charge is 0.179 e. The van der Waals surface area contributed by atoms with E-state index in [1.54, 1.807) is 0 Å². The van der Waals surface area contributed by atoms with Crippen molar-refractivity contribution in [1.29, 1.82) is 0 Å². The normalized spacial score (nSPS) is 12.1. The molecule has 0 spiro atoms. The van der Waals surface area contributed by atoms with Crippen molar-refractivity contribution < 1.29 is 4.42 Å². The molecule has 3 nitrogen and oxygen atoms in total. The number of rotatable bonds is 6. The third-order valence-corrected chi connectivity index (χ3v) is 17.0. The highest BCUT2D eigenvalue weighted by molar-refractivity contribution is 7.20. The van der Waals surface area contributed by atoms with E-state index >= 15 is 0 Å². The van der Waals surface area contributed by atoms with E-state index in [4.69, 9.17) is 4.42 Å². The molecular weight excluding hydrogens is 721 g/mol. The average Bonchev–Trinajstić information content (AvgIpc) is 3.95. The van der Waals surface area contributed by atoms with Crippen molar-refractivity contribution in [3.8, 4) is 11.4 Å². The number of benzene rings is 9. The molecule has 3 heterocycles. The number of hydrogen-bond donors (Lipinski definition) is 0. The zero-order valence-corrected chi connectivity index (χ0v) is 32.6. The van der Waals surface area contributed by atoms with Gasteiger partial charge in [-0.15, -0.1) is 0 Å². The molecule has 58 heavy (non-hydrogen) atoms. The number of fused-ring (bicyclic) bond motifs is 9. The van der Waals surface area contributed by atoms with Crippen LogP contribution in [0.25, 0.3) is 76.9 Å². The third kappa shape index (κ3) is 4.73. The molecule has 4 heteroatoms. The van der Waals surface area contributed by atoms with Gasteiger partial charge in [-0.05, 0) is 81.4 Å². The van der Waals surface area contributed by atoms with Crippen LogP contribution in [0.15, 0.2) is 223 Å². The molecule has 0 N–H and O–H groups in total. The molecule has 0 amide bonds. The summed E-state index contributed by atoms with van der Waals surface area (Å²) in [6.07, 6.45) is 0. The van der Waals surface area contributed by atoms with Gasteiger partial charge in [0.2, 0.25) is 0 Å². The zero-order valence-electron chi connectivity index (χ0n) is 31.6. The Kier molecular flexibility index (Phi) is 7.25. The first kappa shape index (κ1) is 32.8. The molecule has 12 rings (SSSR count). The molecular formula is C54H36N2OSi. The van der Waals surface area contributed by atoms with Crippen molar-refractivity contribution in [1.82, 2.24) is 9.13 Å². The van der Waals surface area contributed by atoms with Crippen LogP contribution in [0.4, 0.5) is 0 Å². The lowest BCUT2D eigenvalue weighted by Gasteiger charge is -2.34. The minimum atomic E-state index is -2.91. The van der Waals surface area contributed by atoms with Crippen LogP contribution in [-0.4, -0.2) is 17.2 Å². The van der Waals surface area contributed by atoms with Gasteiger partial charge in [0.1, 0.15) is 11.2 Å². The largest absolute Gasteiger partial charge is 0.456 e. The molecule has 12 aromatic rings. The van der Waals surface area contributed by atoms with E-state index in [9.17, 15) is 0 Å². The van der Waals surface area contributed by atoms with Crippen molar-refractivity contribution in [2.45, 2.75) is 0 Å². The second-order valence-corrected chi connectivity index (χ2v) is 19.1. The fourth-order valence-electron chi connectivity index (χ4n) is 9.78. The van der Waals surface area contributed by atoms with E-state index in [1.807, 2.05) is 6.07 Å². The molecule has 0 saturated carbocycles. The zero-order chi connectivity index (χ0) is 38.2. The Balaban J connectivity index is 1.13. The van der Waals surface area contributed by atoms with Crippen LogP contribution in [0.2, 0.25) is 0 Å². The van der Waals surface area contributed by atoms with Crippen molar-refractivity contribution >= 4 is 94.4 Å². The van der Waals surface area contributed by atoms with Gasteiger partial charge < -0.3 is 13.6 Å². The molecule has 272 valence electrons. The number of para-hydroxylation sites is 4. The summed E-state index contributed by atoms with van der Waals surface area (Å²) in [7, 11) is -2.91. The summed E-state index contributed by atoms with van der Waals surface area (Å²) in [5, 5.41) is 12.5. The van der Waals surface area contributed by atoms with Gasteiger partial charge in [0.05, 0.1) is 22.1 Å². The maximum absolute atomic E-state index is 6.58. The monoisotopic (exact) mass is 756 g/mol. The van der Waals surface area contributed by atoms with Crippen LogP contribution >= 0.6 is 0 Å². The summed E-state index contributed by atoms with van der Waals surface area (Å²) in [5.41, 5.74) is 8.92. The first-order chi connectivity index (χ1) is 28.8. The summed E-state index contributed by atoms with van der Waals surface area (Å²) < 4.78 is 11.4. The predicted molar refractivity (Wildman–Crippen MR) is 246 cm³/mol. The highest BCUT2D eigenvalue weighted by Gasteiger charge is 2.42. The van der Waals surface area contributed by atoms with Crippen molar-refractivity contribution in [2.24, 2.45) is 0 Å². The Bertz CT molecular complexity index is 3470. The maximum atomic E-state index is 6.58. The van der Waals surface area contributed by atoms with Crippen molar-refractivity contribution in [3.63, 3.8) is 0 Å². The number of aromatic nitrogens is 2. The second kappa shape index (κ2) is 12.8. The minimum absolute atomic E-state index is 0.915. The first-order valence-electron chi connectivity index (χ1n) is 19.9. The molecule has 0 atom stereocenters. The van der Waals surface area contributed by atoms with E-state index in [0.29, 0.717) is 0 Å². The van der Waals surface area contributed by atoms with Crippen LogP contribution in [0.1, 0.15) is 0 Å². The lowest BCUT2D eigenvalue weighted by atomic mass is 10.1. The maximum Gasteiger partial charge on any atom is 0.179 e. The number of nitrogens with zero attached hydrogens (tertiary/aromatic N) is 2. The lowest BCUT2D eigenvalue weighted by Crippen LogP contribution is -2.74. The molecule has 3 aromatic heterocycles. The molecule has 0 aliphatic rings. The first-order valence-corrected chi connectivity index (χ1v) is 21.9. The molecule has 0 fully saturated rings. The summed E-state index contributed by atoms with van der Waals surface area (Å²) in [6.45, 7) is 0. The fourth-order valence-corrected chi connectivity index (χ4v) is 14.5. The Hall–Kier alpha value is -7.40. The van der Waals surface area contributed by atoms with E-state index < -0.39 is 8.07 Å². The SMILES string of the molecule is c1ccc(-n2c3ccccc3c3cc(-n4c5ccccc5c5cc([Si](c6ccccc6)(c6ccccc6)c6ccc7c(c6)oc6ccccc67)ccc54)ccc32)cc1. The van der Waals surface area contributed by atoms with Crippen molar-refractivity contribution in [2.75, 3.05) is 0 Å². The third-order valence-electron chi connectivity index (χ3n) is 12.3. The lowest BCUT2D eigenvalue weighted by molar-refractivity contribution is 0.669. The highest BCUT2D eigenvalue weighted by atomic mass is 28.3. The summed E-state index contributed by atoms with van der Waals surface area (Å²) in [6, 6.07) is 80.2. The van der Waals surface area contributed by atoms with Crippen LogP contribution in [-0.2, 0) is 0 Å². The van der Waals surface area contributed by atoms with Gasteiger partial charge in [0.15, 0.2) is 8.07 Å². The molecule has 9 aromatic carbocycles. The Labute approximate surface area is 336 Å². The quantitative estimate of drug-likeness (QED) is 0.122. The van der Waals surface area contributed by atoms with Crippen LogP contribution < -0.4 is 20.7 Å². The topological polar surface area (TPSA) is 23.0 Å². The molecule has 0 aliphatic heterocycles. The van der Waals surface area contributed by atoms with Gasteiger partial charge >= 0.3 is 0 Å².